The van der Waals surface area contributed by atoms with Crippen LogP contribution in [0.4, 0.5) is 5.69 Å². The van der Waals surface area contributed by atoms with Gasteiger partial charge in [0.25, 0.3) is 0 Å². The first-order valence-electron chi connectivity index (χ1n) is 6.85. The van der Waals surface area contributed by atoms with Crippen LogP contribution < -0.4 is 10.6 Å². The van der Waals surface area contributed by atoms with E-state index in [1.807, 2.05) is 24.3 Å². The van der Waals surface area contributed by atoms with Crippen LogP contribution in [0.1, 0.15) is 32.1 Å². The minimum absolute atomic E-state index is 0.128. The van der Waals surface area contributed by atoms with E-state index in [1.54, 1.807) is 0 Å². The SMILES string of the molecule is N#CC1(NC(=O)CNc2ccc(Br)cc2)CCCCC1. The molecule has 1 saturated carbocycles. The molecule has 2 rings (SSSR count). The molecule has 0 bridgehead atoms. The predicted octanol–water partition coefficient (Wildman–Crippen LogP) is 3.20. The number of benzene rings is 1. The molecule has 1 amide bonds. The molecular formula is C15H18BrN3O. The zero-order chi connectivity index (χ0) is 14.4. The van der Waals surface area contributed by atoms with Crippen molar-refractivity contribution in [3.8, 4) is 6.07 Å². The Balaban J connectivity index is 1.85. The number of nitrogens with zero attached hydrogens (tertiary/aromatic N) is 1. The highest BCUT2D eigenvalue weighted by Gasteiger charge is 2.33. The lowest BCUT2D eigenvalue weighted by Crippen LogP contribution is -2.50. The fourth-order valence-electron chi connectivity index (χ4n) is 2.48. The fourth-order valence-corrected chi connectivity index (χ4v) is 2.75. The number of rotatable bonds is 4. The van der Waals surface area contributed by atoms with Crippen LogP contribution in [0.15, 0.2) is 28.7 Å². The molecule has 0 aliphatic heterocycles. The third kappa shape index (κ3) is 3.97. The number of nitrogens with one attached hydrogen (secondary N) is 2. The van der Waals surface area contributed by atoms with Crippen LogP contribution in [0.2, 0.25) is 0 Å². The average Bonchev–Trinajstić information content (AvgIpc) is 2.47. The van der Waals surface area contributed by atoms with Gasteiger partial charge in [0.1, 0.15) is 5.54 Å². The topological polar surface area (TPSA) is 64.9 Å². The largest absolute Gasteiger partial charge is 0.376 e. The number of carbonyl (C=O) groups is 1. The van der Waals surface area contributed by atoms with Gasteiger partial charge in [-0.2, -0.15) is 5.26 Å². The highest BCUT2D eigenvalue weighted by molar-refractivity contribution is 9.10. The Morgan fingerprint density at radius 2 is 1.90 bits per heavy atom. The average molecular weight is 336 g/mol. The maximum Gasteiger partial charge on any atom is 0.240 e. The summed E-state index contributed by atoms with van der Waals surface area (Å²) < 4.78 is 0.998. The maximum absolute atomic E-state index is 12.0. The van der Waals surface area contributed by atoms with Crippen LogP contribution in [-0.4, -0.2) is 18.0 Å². The second-order valence-electron chi connectivity index (χ2n) is 5.16. The van der Waals surface area contributed by atoms with Crippen LogP contribution >= 0.6 is 15.9 Å². The van der Waals surface area contributed by atoms with E-state index in [0.29, 0.717) is 0 Å². The minimum atomic E-state index is -0.656. The summed E-state index contributed by atoms with van der Waals surface area (Å²) in [6, 6.07) is 9.92. The van der Waals surface area contributed by atoms with E-state index in [0.717, 1.165) is 42.3 Å². The number of hydrogen-bond acceptors (Lipinski definition) is 3. The molecule has 0 saturated heterocycles. The summed E-state index contributed by atoms with van der Waals surface area (Å²) in [6.45, 7) is 0.186. The van der Waals surface area contributed by atoms with Crippen molar-refractivity contribution in [2.75, 3.05) is 11.9 Å². The van der Waals surface area contributed by atoms with Gasteiger partial charge in [-0.15, -0.1) is 0 Å². The normalized spacial score (nSPS) is 17.0. The van der Waals surface area contributed by atoms with Gasteiger partial charge >= 0.3 is 0 Å². The molecule has 1 fully saturated rings. The second kappa shape index (κ2) is 6.76. The summed E-state index contributed by atoms with van der Waals surface area (Å²) in [7, 11) is 0. The van der Waals surface area contributed by atoms with E-state index < -0.39 is 5.54 Å². The Morgan fingerprint density at radius 1 is 1.25 bits per heavy atom. The molecule has 1 aromatic rings. The third-order valence-electron chi connectivity index (χ3n) is 3.60. The summed E-state index contributed by atoms with van der Waals surface area (Å²) in [6.07, 6.45) is 4.68. The van der Waals surface area contributed by atoms with Gasteiger partial charge < -0.3 is 10.6 Å². The predicted molar refractivity (Wildman–Crippen MR) is 82.2 cm³/mol. The van der Waals surface area contributed by atoms with Crippen molar-refractivity contribution >= 4 is 27.5 Å². The Hall–Kier alpha value is -1.54. The van der Waals surface area contributed by atoms with Crippen LogP contribution in [0.5, 0.6) is 0 Å². The molecule has 0 spiro atoms. The summed E-state index contributed by atoms with van der Waals surface area (Å²) in [4.78, 5) is 12.0. The van der Waals surface area contributed by atoms with Gasteiger partial charge in [-0.25, -0.2) is 0 Å². The monoisotopic (exact) mass is 335 g/mol. The fraction of sp³-hybridized carbons (Fsp3) is 0.467. The maximum atomic E-state index is 12.0. The first-order chi connectivity index (χ1) is 9.63. The van der Waals surface area contributed by atoms with Gasteiger partial charge in [-0.1, -0.05) is 35.2 Å². The molecule has 106 valence electrons. The number of carbonyl (C=O) groups excluding carboxylic acids is 1. The number of halogens is 1. The minimum Gasteiger partial charge on any atom is -0.376 e. The Morgan fingerprint density at radius 3 is 2.50 bits per heavy atom. The van der Waals surface area contributed by atoms with Crippen molar-refractivity contribution in [2.45, 2.75) is 37.6 Å². The standard InChI is InChI=1S/C15H18BrN3O/c16-12-4-6-13(7-5-12)18-10-14(20)19-15(11-17)8-2-1-3-9-15/h4-7,18H,1-3,8-10H2,(H,19,20). The van der Waals surface area contributed by atoms with E-state index in [-0.39, 0.29) is 12.5 Å². The smallest absolute Gasteiger partial charge is 0.240 e. The number of amides is 1. The molecule has 2 N–H and O–H groups in total. The molecule has 0 aromatic heterocycles. The van der Waals surface area contributed by atoms with Gasteiger partial charge in [-0.3, -0.25) is 4.79 Å². The van der Waals surface area contributed by atoms with Crippen LogP contribution in [0.25, 0.3) is 0 Å². The highest BCUT2D eigenvalue weighted by atomic mass is 79.9. The lowest BCUT2D eigenvalue weighted by molar-refractivity contribution is -0.121. The summed E-state index contributed by atoms with van der Waals surface area (Å²) in [5, 5.41) is 15.3. The summed E-state index contributed by atoms with van der Waals surface area (Å²) >= 11 is 3.36. The zero-order valence-electron chi connectivity index (χ0n) is 11.3. The van der Waals surface area contributed by atoms with Crippen molar-refractivity contribution in [2.24, 2.45) is 0 Å². The van der Waals surface area contributed by atoms with Gasteiger partial charge in [0.15, 0.2) is 0 Å². The van der Waals surface area contributed by atoms with Gasteiger partial charge in [0.2, 0.25) is 5.91 Å². The second-order valence-corrected chi connectivity index (χ2v) is 6.08. The Labute approximate surface area is 127 Å². The van der Waals surface area contributed by atoms with E-state index in [9.17, 15) is 10.1 Å². The molecule has 0 radical (unpaired) electrons. The van der Waals surface area contributed by atoms with Crippen molar-refractivity contribution in [1.29, 1.82) is 5.26 Å². The van der Waals surface area contributed by atoms with E-state index in [2.05, 4.69) is 32.6 Å². The molecule has 4 nitrogen and oxygen atoms in total. The molecular weight excluding hydrogens is 318 g/mol. The molecule has 1 aromatic carbocycles. The molecule has 0 atom stereocenters. The number of nitriles is 1. The summed E-state index contributed by atoms with van der Waals surface area (Å²) in [5.74, 6) is -0.128. The quantitative estimate of drug-likeness (QED) is 0.887. The van der Waals surface area contributed by atoms with Crippen LogP contribution in [0, 0.1) is 11.3 Å². The molecule has 20 heavy (non-hydrogen) atoms. The molecule has 1 aliphatic rings. The van der Waals surface area contributed by atoms with Gasteiger partial charge in [-0.05, 0) is 37.1 Å². The first kappa shape index (κ1) is 14.9. The lowest BCUT2D eigenvalue weighted by atomic mass is 9.83. The van der Waals surface area contributed by atoms with Gasteiger partial charge in [0.05, 0.1) is 12.6 Å². The number of hydrogen-bond donors (Lipinski definition) is 2. The highest BCUT2D eigenvalue weighted by Crippen LogP contribution is 2.27. The van der Waals surface area contributed by atoms with E-state index >= 15 is 0 Å². The molecule has 5 heteroatoms. The number of anilines is 1. The van der Waals surface area contributed by atoms with Crippen molar-refractivity contribution < 1.29 is 4.79 Å². The van der Waals surface area contributed by atoms with Crippen molar-refractivity contribution in [3.05, 3.63) is 28.7 Å². The van der Waals surface area contributed by atoms with E-state index in [4.69, 9.17) is 0 Å². The van der Waals surface area contributed by atoms with Crippen molar-refractivity contribution in [3.63, 3.8) is 0 Å². The Kier molecular flexibility index (Phi) is 5.02. The van der Waals surface area contributed by atoms with Crippen molar-refractivity contribution in [1.82, 2.24) is 5.32 Å². The molecule has 1 aliphatic carbocycles. The zero-order valence-corrected chi connectivity index (χ0v) is 12.9. The third-order valence-corrected chi connectivity index (χ3v) is 4.13. The molecule has 0 unspecified atom stereocenters. The summed E-state index contributed by atoms with van der Waals surface area (Å²) in [5.41, 5.74) is 0.231. The Bertz CT molecular complexity index is 501. The van der Waals surface area contributed by atoms with Gasteiger partial charge in [0, 0.05) is 10.2 Å². The van der Waals surface area contributed by atoms with E-state index in [1.165, 1.54) is 0 Å². The lowest BCUT2D eigenvalue weighted by Gasteiger charge is -2.31. The van der Waals surface area contributed by atoms with Crippen LogP contribution in [-0.2, 0) is 4.79 Å². The first-order valence-corrected chi connectivity index (χ1v) is 7.65. The molecule has 0 heterocycles. The van der Waals surface area contributed by atoms with Crippen LogP contribution in [0.3, 0.4) is 0 Å².